The molecule has 0 atom stereocenters. The smallest absolute Gasteiger partial charge is 0.278 e. The average Bonchev–Trinajstić information content (AvgIpc) is 2.64. The van der Waals surface area contributed by atoms with Gasteiger partial charge in [0.25, 0.3) is 5.91 Å². The predicted molar refractivity (Wildman–Crippen MR) is 105 cm³/mol. The lowest BCUT2D eigenvalue weighted by Gasteiger charge is -2.39. The first-order valence-electron chi connectivity index (χ1n) is 10.2. The van der Waals surface area contributed by atoms with Gasteiger partial charge < -0.3 is 19.8 Å². The molecule has 26 heavy (non-hydrogen) atoms. The van der Waals surface area contributed by atoms with E-state index < -0.39 is 0 Å². The number of phenolic OH excluding ortho intramolecular Hbond substituents is 1. The Balaban J connectivity index is 1.52. The van der Waals surface area contributed by atoms with E-state index in [1.165, 1.54) is 37.0 Å². The van der Waals surface area contributed by atoms with Crippen LogP contribution in [0.5, 0.6) is 5.75 Å². The molecule has 1 aromatic carbocycles. The molecule has 0 spiro atoms. The molecule has 144 valence electrons. The van der Waals surface area contributed by atoms with Crippen molar-refractivity contribution >= 4 is 11.6 Å². The highest BCUT2D eigenvalue weighted by atomic mass is 16.3. The Bertz CT molecular complexity index is 573. The van der Waals surface area contributed by atoms with Crippen LogP contribution >= 0.6 is 0 Å². The van der Waals surface area contributed by atoms with Gasteiger partial charge in [-0.05, 0) is 51.0 Å². The normalized spacial score (nSPS) is 19.7. The van der Waals surface area contributed by atoms with E-state index in [-0.39, 0.29) is 0 Å². The summed E-state index contributed by atoms with van der Waals surface area (Å²) in [5, 5.41) is 9.44. The second-order valence-electron chi connectivity index (χ2n) is 8.12. The van der Waals surface area contributed by atoms with Crippen LogP contribution in [0.25, 0.3) is 0 Å². The number of nitrogens with zero attached hydrogens (tertiary/aromatic N) is 2. The third kappa shape index (κ3) is 4.70. The number of piperazine rings is 1. The lowest BCUT2D eigenvalue weighted by atomic mass is 9.93. The summed E-state index contributed by atoms with van der Waals surface area (Å²) in [5.74, 6) is 0.639. The highest BCUT2D eigenvalue weighted by Gasteiger charge is 2.31. The molecule has 2 aliphatic rings. The van der Waals surface area contributed by atoms with E-state index in [0.29, 0.717) is 30.3 Å². The van der Waals surface area contributed by atoms with Crippen molar-refractivity contribution in [3.05, 3.63) is 24.3 Å². The number of aromatic hydroxyl groups is 1. The minimum atomic E-state index is 0.295. The molecule has 0 unspecified atom stereocenters. The van der Waals surface area contributed by atoms with Crippen LogP contribution in [0.2, 0.25) is 0 Å². The van der Waals surface area contributed by atoms with E-state index >= 15 is 0 Å². The Hall–Kier alpha value is -1.75. The largest absolute Gasteiger partial charge is 0.508 e. The van der Waals surface area contributed by atoms with E-state index in [0.717, 1.165) is 31.9 Å². The molecule has 1 heterocycles. The molecule has 1 saturated heterocycles. The Labute approximate surface area is 157 Å². The number of quaternary nitrogens is 1. The number of hydrogen-bond donors (Lipinski definition) is 2. The third-order valence-electron chi connectivity index (χ3n) is 5.90. The first-order valence-corrected chi connectivity index (χ1v) is 10.2. The highest BCUT2D eigenvalue weighted by Crippen LogP contribution is 2.24. The van der Waals surface area contributed by atoms with Gasteiger partial charge in [-0.25, -0.2) is 0 Å². The maximum absolute atomic E-state index is 13.0. The number of benzene rings is 1. The minimum absolute atomic E-state index is 0.295. The minimum Gasteiger partial charge on any atom is -0.508 e. The molecule has 5 nitrogen and oxygen atoms in total. The lowest BCUT2D eigenvalue weighted by molar-refractivity contribution is -0.892. The predicted octanol–water partition coefficient (Wildman–Crippen LogP) is 1.67. The molecule has 1 saturated carbocycles. The molecular weight excluding hydrogens is 326 g/mol. The highest BCUT2D eigenvalue weighted by molar-refractivity contribution is 5.77. The van der Waals surface area contributed by atoms with Crippen LogP contribution in [-0.4, -0.2) is 60.7 Å². The summed E-state index contributed by atoms with van der Waals surface area (Å²) < 4.78 is 0. The number of phenols is 1. The van der Waals surface area contributed by atoms with Crippen molar-refractivity contribution in [2.24, 2.45) is 0 Å². The van der Waals surface area contributed by atoms with Crippen molar-refractivity contribution in [3.8, 4) is 5.75 Å². The van der Waals surface area contributed by atoms with Gasteiger partial charge in [-0.1, -0.05) is 19.3 Å². The van der Waals surface area contributed by atoms with Gasteiger partial charge in [-0.3, -0.25) is 4.79 Å². The molecular formula is C21H34N3O2+. The van der Waals surface area contributed by atoms with Crippen LogP contribution in [0.3, 0.4) is 0 Å². The van der Waals surface area contributed by atoms with Crippen molar-refractivity contribution in [1.82, 2.24) is 4.90 Å². The van der Waals surface area contributed by atoms with Gasteiger partial charge in [0.15, 0.2) is 6.54 Å². The second kappa shape index (κ2) is 8.76. The Morgan fingerprint density at radius 1 is 1.15 bits per heavy atom. The average molecular weight is 361 g/mol. The standard InChI is InChI=1S/C21H33N3O2/c1-17(2)24(19-6-4-3-5-7-19)21(26)16-22-12-14-23(15-13-22)18-8-10-20(25)11-9-18/h8-11,17,19,25H,3-7,12-16H2,1-2H3/p+1. The molecule has 3 rings (SSSR count). The molecule has 0 bridgehead atoms. The maximum Gasteiger partial charge on any atom is 0.278 e. The molecule has 1 aliphatic heterocycles. The van der Waals surface area contributed by atoms with Gasteiger partial charge in [0.2, 0.25) is 0 Å². The van der Waals surface area contributed by atoms with E-state index in [1.807, 2.05) is 12.1 Å². The van der Waals surface area contributed by atoms with Crippen LogP contribution in [-0.2, 0) is 4.79 Å². The summed E-state index contributed by atoms with van der Waals surface area (Å²) in [6.45, 7) is 8.83. The number of hydrogen-bond acceptors (Lipinski definition) is 3. The summed E-state index contributed by atoms with van der Waals surface area (Å²) >= 11 is 0. The zero-order valence-corrected chi connectivity index (χ0v) is 16.3. The quantitative estimate of drug-likeness (QED) is 0.840. The molecule has 2 fully saturated rings. The van der Waals surface area contributed by atoms with Gasteiger partial charge in [0.1, 0.15) is 5.75 Å². The number of nitrogens with one attached hydrogen (secondary N) is 1. The van der Waals surface area contributed by atoms with Crippen molar-refractivity contribution in [2.45, 2.75) is 58.0 Å². The van der Waals surface area contributed by atoms with Crippen LogP contribution in [0.4, 0.5) is 5.69 Å². The van der Waals surface area contributed by atoms with Crippen molar-refractivity contribution in [1.29, 1.82) is 0 Å². The van der Waals surface area contributed by atoms with Crippen molar-refractivity contribution in [3.63, 3.8) is 0 Å². The topological polar surface area (TPSA) is 48.2 Å². The SMILES string of the molecule is CC(C)N(C(=O)C[NH+]1CCN(c2ccc(O)cc2)CC1)C1CCCCC1. The first-order chi connectivity index (χ1) is 12.5. The summed E-state index contributed by atoms with van der Waals surface area (Å²) in [6.07, 6.45) is 6.20. The molecule has 0 radical (unpaired) electrons. The van der Waals surface area contributed by atoms with Crippen molar-refractivity contribution in [2.75, 3.05) is 37.6 Å². The van der Waals surface area contributed by atoms with E-state index in [1.54, 1.807) is 12.1 Å². The molecule has 0 aromatic heterocycles. The number of amides is 1. The molecule has 1 amide bonds. The Kier molecular flexibility index (Phi) is 6.41. The van der Waals surface area contributed by atoms with Gasteiger partial charge in [-0.15, -0.1) is 0 Å². The monoisotopic (exact) mass is 360 g/mol. The van der Waals surface area contributed by atoms with Crippen LogP contribution in [0, 0.1) is 0 Å². The second-order valence-corrected chi connectivity index (χ2v) is 8.12. The lowest BCUT2D eigenvalue weighted by Crippen LogP contribution is -3.16. The number of rotatable bonds is 5. The third-order valence-corrected chi connectivity index (χ3v) is 5.90. The molecule has 2 N–H and O–H groups in total. The molecule has 5 heteroatoms. The van der Waals surface area contributed by atoms with Gasteiger partial charge in [0.05, 0.1) is 26.2 Å². The zero-order chi connectivity index (χ0) is 18.5. The van der Waals surface area contributed by atoms with E-state index in [9.17, 15) is 9.90 Å². The number of carbonyl (C=O) groups is 1. The fraction of sp³-hybridized carbons (Fsp3) is 0.667. The Morgan fingerprint density at radius 2 is 1.77 bits per heavy atom. The van der Waals surface area contributed by atoms with Gasteiger partial charge in [0, 0.05) is 17.8 Å². The maximum atomic E-state index is 13.0. The fourth-order valence-corrected chi connectivity index (χ4v) is 4.50. The van der Waals surface area contributed by atoms with Crippen LogP contribution in [0.1, 0.15) is 46.0 Å². The van der Waals surface area contributed by atoms with Gasteiger partial charge in [-0.2, -0.15) is 0 Å². The summed E-state index contributed by atoms with van der Waals surface area (Å²) in [6, 6.07) is 8.16. The number of carbonyl (C=O) groups excluding carboxylic acids is 1. The number of anilines is 1. The van der Waals surface area contributed by atoms with Crippen LogP contribution in [0.15, 0.2) is 24.3 Å². The fourth-order valence-electron chi connectivity index (χ4n) is 4.50. The first kappa shape index (κ1) is 19.0. The summed E-state index contributed by atoms with van der Waals surface area (Å²) in [7, 11) is 0. The Morgan fingerprint density at radius 3 is 2.35 bits per heavy atom. The molecule has 1 aliphatic carbocycles. The summed E-state index contributed by atoms with van der Waals surface area (Å²) in [4.78, 5) is 18.9. The summed E-state index contributed by atoms with van der Waals surface area (Å²) in [5.41, 5.74) is 1.15. The zero-order valence-electron chi connectivity index (χ0n) is 16.3. The van der Waals surface area contributed by atoms with Crippen LogP contribution < -0.4 is 9.80 Å². The molecule has 1 aromatic rings. The van der Waals surface area contributed by atoms with E-state index in [2.05, 4.69) is 23.6 Å². The van der Waals surface area contributed by atoms with Crippen molar-refractivity contribution < 1.29 is 14.8 Å². The van der Waals surface area contributed by atoms with Gasteiger partial charge >= 0.3 is 0 Å². The van der Waals surface area contributed by atoms with E-state index in [4.69, 9.17) is 0 Å².